The van der Waals surface area contributed by atoms with Crippen molar-refractivity contribution in [3.05, 3.63) is 18.0 Å². The molecule has 2 N–H and O–H groups in total. The summed E-state index contributed by atoms with van der Waals surface area (Å²) in [5.74, 6) is 0.277. The lowest BCUT2D eigenvalue weighted by Gasteiger charge is -2.25. The highest BCUT2D eigenvalue weighted by molar-refractivity contribution is 5.91. The minimum Gasteiger partial charge on any atom is -0.393 e. The zero-order chi connectivity index (χ0) is 11.4. The predicted molar refractivity (Wildman–Crippen MR) is 56.8 cm³/mol. The SMILES string of the molecule is O=C(NCC1CCC(O)CC1)c1ccon1. The highest BCUT2D eigenvalue weighted by Crippen LogP contribution is 2.23. The van der Waals surface area contributed by atoms with E-state index in [1.165, 1.54) is 6.26 Å². The van der Waals surface area contributed by atoms with Crippen LogP contribution in [0.3, 0.4) is 0 Å². The second-order valence-corrected chi connectivity index (χ2v) is 4.27. The smallest absolute Gasteiger partial charge is 0.273 e. The summed E-state index contributed by atoms with van der Waals surface area (Å²) in [5.41, 5.74) is 0.316. The number of aliphatic hydroxyl groups is 1. The standard InChI is InChI=1S/C11H16N2O3/c14-9-3-1-8(2-4-9)7-12-11(15)10-5-6-16-13-10/h5-6,8-9,14H,1-4,7H2,(H,12,15). The number of nitrogens with one attached hydrogen (secondary N) is 1. The van der Waals surface area contributed by atoms with Gasteiger partial charge in [0.1, 0.15) is 6.26 Å². The number of carbonyl (C=O) groups is 1. The highest BCUT2D eigenvalue weighted by atomic mass is 16.5. The van der Waals surface area contributed by atoms with Crippen LogP contribution in [0.5, 0.6) is 0 Å². The Kier molecular flexibility index (Phi) is 3.56. The molecule has 1 heterocycles. The van der Waals surface area contributed by atoms with E-state index in [9.17, 15) is 9.90 Å². The Labute approximate surface area is 93.8 Å². The van der Waals surface area contributed by atoms with E-state index in [0.717, 1.165) is 25.7 Å². The number of amides is 1. The van der Waals surface area contributed by atoms with Crippen molar-refractivity contribution in [1.82, 2.24) is 10.5 Å². The summed E-state index contributed by atoms with van der Waals surface area (Å²) in [6.45, 7) is 0.651. The van der Waals surface area contributed by atoms with E-state index in [4.69, 9.17) is 0 Å². The lowest BCUT2D eigenvalue weighted by molar-refractivity contribution is 0.0902. The lowest BCUT2D eigenvalue weighted by Crippen LogP contribution is -2.32. The fraction of sp³-hybridized carbons (Fsp3) is 0.636. The van der Waals surface area contributed by atoms with Crippen LogP contribution in [-0.4, -0.2) is 28.8 Å². The molecule has 1 aromatic rings. The lowest BCUT2D eigenvalue weighted by atomic mass is 9.87. The monoisotopic (exact) mass is 224 g/mol. The van der Waals surface area contributed by atoms with Gasteiger partial charge in [-0.15, -0.1) is 0 Å². The third kappa shape index (κ3) is 2.82. The van der Waals surface area contributed by atoms with Crippen LogP contribution in [0.25, 0.3) is 0 Å². The third-order valence-electron chi connectivity index (χ3n) is 3.04. The van der Waals surface area contributed by atoms with Gasteiger partial charge in [0.05, 0.1) is 6.10 Å². The van der Waals surface area contributed by atoms with Gasteiger partial charge in [0.15, 0.2) is 5.69 Å². The molecule has 0 atom stereocenters. The average molecular weight is 224 g/mol. The second kappa shape index (κ2) is 5.12. The average Bonchev–Trinajstić information content (AvgIpc) is 2.81. The number of aliphatic hydroxyl groups excluding tert-OH is 1. The minimum atomic E-state index is -0.195. The molecule has 0 radical (unpaired) electrons. The largest absolute Gasteiger partial charge is 0.393 e. The normalized spacial score (nSPS) is 25.3. The Bertz CT molecular complexity index is 329. The second-order valence-electron chi connectivity index (χ2n) is 4.27. The first kappa shape index (κ1) is 11.1. The van der Waals surface area contributed by atoms with Crippen LogP contribution in [0.15, 0.2) is 16.9 Å². The van der Waals surface area contributed by atoms with Gasteiger partial charge in [-0.05, 0) is 31.6 Å². The van der Waals surface area contributed by atoms with Crippen LogP contribution in [0.2, 0.25) is 0 Å². The molecule has 1 aromatic heterocycles. The molecule has 5 nitrogen and oxygen atoms in total. The van der Waals surface area contributed by atoms with Crippen LogP contribution in [-0.2, 0) is 0 Å². The zero-order valence-corrected chi connectivity index (χ0v) is 9.06. The summed E-state index contributed by atoms with van der Waals surface area (Å²) >= 11 is 0. The van der Waals surface area contributed by atoms with E-state index in [1.807, 2.05) is 0 Å². The van der Waals surface area contributed by atoms with Crippen LogP contribution >= 0.6 is 0 Å². The van der Waals surface area contributed by atoms with Gasteiger partial charge in [0.2, 0.25) is 0 Å². The van der Waals surface area contributed by atoms with Crippen LogP contribution in [0.1, 0.15) is 36.2 Å². The summed E-state index contributed by atoms with van der Waals surface area (Å²) in [7, 11) is 0. The Morgan fingerprint density at radius 3 is 2.88 bits per heavy atom. The number of nitrogens with zero attached hydrogens (tertiary/aromatic N) is 1. The first-order valence-corrected chi connectivity index (χ1v) is 5.62. The quantitative estimate of drug-likeness (QED) is 0.801. The Hall–Kier alpha value is -1.36. The maximum absolute atomic E-state index is 11.5. The van der Waals surface area contributed by atoms with Gasteiger partial charge >= 0.3 is 0 Å². The molecule has 0 bridgehead atoms. The van der Waals surface area contributed by atoms with Gasteiger partial charge in [-0.3, -0.25) is 4.79 Å². The topological polar surface area (TPSA) is 75.4 Å². The molecule has 0 aliphatic heterocycles. The van der Waals surface area contributed by atoms with E-state index in [1.54, 1.807) is 6.07 Å². The molecule has 1 amide bonds. The van der Waals surface area contributed by atoms with Gasteiger partial charge in [-0.2, -0.15) is 0 Å². The van der Waals surface area contributed by atoms with Crippen molar-refractivity contribution < 1.29 is 14.4 Å². The zero-order valence-electron chi connectivity index (χ0n) is 9.06. The van der Waals surface area contributed by atoms with Crippen molar-refractivity contribution in [2.24, 2.45) is 5.92 Å². The van der Waals surface area contributed by atoms with Crippen LogP contribution < -0.4 is 5.32 Å². The molecular formula is C11H16N2O3. The molecule has 1 fully saturated rings. The molecule has 88 valence electrons. The van der Waals surface area contributed by atoms with Gasteiger partial charge in [-0.1, -0.05) is 5.16 Å². The van der Waals surface area contributed by atoms with E-state index in [-0.39, 0.29) is 12.0 Å². The predicted octanol–water partition coefficient (Wildman–Crippen LogP) is 0.955. The molecule has 0 spiro atoms. The third-order valence-corrected chi connectivity index (χ3v) is 3.04. The summed E-state index contributed by atoms with van der Waals surface area (Å²) in [4.78, 5) is 11.5. The van der Waals surface area contributed by atoms with Crippen molar-refractivity contribution in [3.63, 3.8) is 0 Å². The van der Waals surface area contributed by atoms with E-state index >= 15 is 0 Å². The summed E-state index contributed by atoms with van der Waals surface area (Å²) in [6.07, 6.45) is 4.85. The van der Waals surface area contributed by atoms with Crippen molar-refractivity contribution in [3.8, 4) is 0 Å². The Balaban J connectivity index is 1.73. The van der Waals surface area contributed by atoms with Gasteiger partial charge in [0.25, 0.3) is 5.91 Å². The molecule has 0 unspecified atom stereocenters. The fourth-order valence-electron chi connectivity index (χ4n) is 2.01. The number of aromatic nitrogens is 1. The van der Waals surface area contributed by atoms with E-state index in [0.29, 0.717) is 18.2 Å². The van der Waals surface area contributed by atoms with Crippen molar-refractivity contribution >= 4 is 5.91 Å². The molecule has 16 heavy (non-hydrogen) atoms. The molecule has 5 heteroatoms. The molecule has 0 saturated heterocycles. The summed E-state index contributed by atoms with van der Waals surface area (Å²) < 4.78 is 4.60. The van der Waals surface area contributed by atoms with Gasteiger partial charge < -0.3 is 14.9 Å². The molecule has 1 saturated carbocycles. The number of hydrogen-bond acceptors (Lipinski definition) is 4. The van der Waals surface area contributed by atoms with Crippen molar-refractivity contribution in [2.45, 2.75) is 31.8 Å². The Morgan fingerprint density at radius 2 is 2.25 bits per heavy atom. The number of rotatable bonds is 3. The molecule has 2 rings (SSSR count). The molecule has 1 aliphatic carbocycles. The maximum atomic E-state index is 11.5. The van der Waals surface area contributed by atoms with Crippen LogP contribution in [0, 0.1) is 5.92 Å². The van der Waals surface area contributed by atoms with E-state index < -0.39 is 0 Å². The first-order valence-electron chi connectivity index (χ1n) is 5.62. The van der Waals surface area contributed by atoms with Crippen LogP contribution in [0.4, 0.5) is 0 Å². The van der Waals surface area contributed by atoms with Crippen molar-refractivity contribution in [1.29, 1.82) is 0 Å². The maximum Gasteiger partial charge on any atom is 0.273 e. The summed E-state index contributed by atoms with van der Waals surface area (Å²) in [6, 6.07) is 1.54. The van der Waals surface area contributed by atoms with Gasteiger partial charge in [0, 0.05) is 12.6 Å². The fourth-order valence-corrected chi connectivity index (χ4v) is 2.01. The molecule has 1 aliphatic rings. The number of carbonyl (C=O) groups excluding carboxylic acids is 1. The number of hydrogen-bond donors (Lipinski definition) is 2. The highest BCUT2D eigenvalue weighted by Gasteiger charge is 2.20. The van der Waals surface area contributed by atoms with E-state index in [2.05, 4.69) is 15.0 Å². The summed E-state index contributed by atoms with van der Waals surface area (Å²) in [5, 5.41) is 15.7. The molecule has 0 aromatic carbocycles. The Morgan fingerprint density at radius 1 is 1.50 bits per heavy atom. The molecular weight excluding hydrogens is 208 g/mol. The van der Waals surface area contributed by atoms with Crippen molar-refractivity contribution in [2.75, 3.05) is 6.54 Å². The first-order chi connectivity index (χ1) is 7.75. The van der Waals surface area contributed by atoms with Gasteiger partial charge in [-0.25, -0.2) is 0 Å². The minimum absolute atomic E-state index is 0.150.